The Kier molecular flexibility index (Phi) is 3.25. The SMILES string of the molecule is Fc1ccc(N2CCNC3(CCCCC3)C2)cc1. The van der Waals surface area contributed by atoms with Crippen LogP contribution in [0.15, 0.2) is 24.3 Å². The van der Waals surface area contributed by atoms with Gasteiger partial charge in [0, 0.05) is 30.9 Å². The Labute approximate surface area is 108 Å². The summed E-state index contributed by atoms with van der Waals surface area (Å²) in [5.74, 6) is -0.152. The molecule has 1 aliphatic heterocycles. The number of nitrogens with one attached hydrogen (secondary N) is 1. The van der Waals surface area contributed by atoms with Crippen LogP contribution in [0.2, 0.25) is 0 Å². The molecule has 0 atom stereocenters. The maximum absolute atomic E-state index is 13.0. The molecule has 98 valence electrons. The van der Waals surface area contributed by atoms with E-state index in [0.717, 1.165) is 25.3 Å². The lowest BCUT2D eigenvalue weighted by atomic mass is 9.80. The van der Waals surface area contributed by atoms with Crippen molar-refractivity contribution < 1.29 is 4.39 Å². The molecule has 2 aliphatic rings. The van der Waals surface area contributed by atoms with Gasteiger partial charge in [-0.15, -0.1) is 0 Å². The first-order valence-corrected chi connectivity index (χ1v) is 7.03. The Hall–Kier alpha value is -1.09. The zero-order chi connectivity index (χ0) is 12.4. The molecule has 1 aromatic carbocycles. The summed E-state index contributed by atoms with van der Waals surface area (Å²) >= 11 is 0. The highest BCUT2D eigenvalue weighted by Gasteiger charge is 2.36. The molecule has 3 heteroatoms. The van der Waals surface area contributed by atoms with Crippen molar-refractivity contribution in [2.24, 2.45) is 0 Å². The van der Waals surface area contributed by atoms with Crippen LogP contribution in [-0.4, -0.2) is 25.2 Å². The highest BCUT2D eigenvalue weighted by molar-refractivity contribution is 5.47. The smallest absolute Gasteiger partial charge is 0.123 e. The summed E-state index contributed by atoms with van der Waals surface area (Å²) in [4.78, 5) is 2.40. The van der Waals surface area contributed by atoms with Gasteiger partial charge in [-0.3, -0.25) is 0 Å². The van der Waals surface area contributed by atoms with Crippen molar-refractivity contribution in [2.45, 2.75) is 37.6 Å². The lowest BCUT2D eigenvalue weighted by Gasteiger charge is -2.47. The normalized spacial score (nSPS) is 23.3. The Balaban J connectivity index is 1.75. The standard InChI is InChI=1S/C15H21FN2/c16-13-4-6-14(7-5-13)18-11-10-17-15(12-18)8-2-1-3-9-15/h4-7,17H,1-3,8-12H2. The van der Waals surface area contributed by atoms with Gasteiger partial charge in [-0.2, -0.15) is 0 Å². The topological polar surface area (TPSA) is 15.3 Å². The van der Waals surface area contributed by atoms with Crippen LogP contribution >= 0.6 is 0 Å². The number of halogens is 1. The van der Waals surface area contributed by atoms with Gasteiger partial charge in [0.05, 0.1) is 0 Å². The third-order valence-electron chi connectivity index (χ3n) is 4.38. The molecule has 1 aromatic rings. The van der Waals surface area contributed by atoms with E-state index >= 15 is 0 Å². The van der Waals surface area contributed by atoms with E-state index in [9.17, 15) is 4.39 Å². The summed E-state index contributed by atoms with van der Waals surface area (Å²) in [6, 6.07) is 6.92. The fourth-order valence-electron chi connectivity index (χ4n) is 3.39. The van der Waals surface area contributed by atoms with Crippen molar-refractivity contribution in [3.63, 3.8) is 0 Å². The minimum Gasteiger partial charge on any atom is -0.368 e. The number of hydrogen-bond acceptors (Lipinski definition) is 2. The number of benzene rings is 1. The third-order valence-corrected chi connectivity index (χ3v) is 4.38. The van der Waals surface area contributed by atoms with Crippen LogP contribution in [0.4, 0.5) is 10.1 Å². The van der Waals surface area contributed by atoms with Crippen LogP contribution in [0.1, 0.15) is 32.1 Å². The predicted octanol–water partition coefficient (Wildman–Crippen LogP) is 2.94. The lowest BCUT2D eigenvalue weighted by molar-refractivity contribution is 0.216. The monoisotopic (exact) mass is 248 g/mol. The van der Waals surface area contributed by atoms with Gasteiger partial charge < -0.3 is 10.2 Å². The van der Waals surface area contributed by atoms with Gasteiger partial charge in [0.1, 0.15) is 5.82 Å². The van der Waals surface area contributed by atoms with Gasteiger partial charge in [-0.1, -0.05) is 19.3 Å². The summed E-state index contributed by atoms with van der Waals surface area (Å²) < 4.78 is 13.0. The number of rotatable bonds is 1. The summed E-state index contributed by atoms with van der Waals surface area (Å²) in [5, 5.41) is 3.73. The highest BCUT2D eigenvalue weighted by Crippen LogP contribution is 2.32. The number of anilines is 1. The molecule has 0 unspecified atom stereocenters. The molecule has 1 spiro atoms. The molecule has 1 saturated carbocycles. The summed E-state index contributed by atoms with van der Waals surface area (Å²) in [6.07, 6.45) is 6.61. The second-order valence-electron chi connectivity index (χ2n) is 5.67. The summed E-state index contributed by atoms with van der Waals surface area (Å²) in [5.41, 5.74) is 1.47. The van der Waals surface area contributed by atoms with E-state index in [1.807, 2.05) is 12.1 Å². The minimum absolute atomic E-state index is 0.152. The fourth-order valence-corrected chi connectivity index (χ4v) is 3.39. The average molecular weight is 248 g/mol. The number of piperazine rings is 1. The van der Waals surface area contributed by atoms with Crippen molar-refractivity contribution in [1.82, 2.24) is 5.32 Å². The Morgan fingerprint density at radius 2 is 1.78 bits per heavy atom. The Morgan fingerprint density at radius 3 is 2.50 bits per heavy atom. The fraction of sp³-hybridized carbons (Fsp3) is 0.600. The van der Waals surface area contributed by atoms with E-state index in [-0.39, 0.29) is 5.82 Å². The van der Waals surface area contributed by atoms with Gasteiger partial charge in [0.25, 0.3) is 0 Å². The second kappa shape index (κ2) is 4.88. The molecule has 0 bridgehead atoms. The van der Waals surface area contributed by atoms with Gasteiger partial charge >= 0.3 is 0 Å². The van der Waals surface area contributed by atoms with E-state index < -0.39 is 0 Å². The highest BCUT2D eigenvalue weighted by atomic mass is 19.1. The summed E-state index contributed by atoms with van der Waals surface area (Å²) in [7, 11) is 0. The Morgan fingerprint density at radius 1 is 1.06 bits per heavy atom. The molecule has 0 amide bonds. The van der Waals surface area contributed by atoms with Crippen molar-refractivity contribution in [2.75, 3.05) is 24.5 Å². The average Bonchev–Trinajstić information content (AvgIpc) is 2.40. The van der Waals surface area contributed by atoms with Crippen molar-refractivity contribution in [1.29, 1.82) is 0 Å². The first kappa shape index (κ1) is 12.0. The van der Waals surface area contributed by atoms with Gasteiger partial charge in [-0.05, 0) is 37.1 Å². The molecule has 2 fully saturated rings. The zero-order valence-corrected chi connectivity index (χ0v) is 10.8. The van der Waals surface area contributed by atoms with Crippen molar-refractivity contribution >= 4 is 5.69 Å². The van der Waals surface area contributed by atoms with Crippen LogP contribution in [0.3, 0.4) is 0 Å². The molecular weight excluding hydrogens is 227 g/mol. The quantitative estimate of drug-likeness (QED) is 0.822. The second-order valence-corrected chi connectivity index (χ2v) is 5.67. The van der Waals surface area contributed by atoms with E-state index in [1.165, 1.54) is 32.1 Å². The van der Waals surface area contributed by atoms with E-state index in [1.54, 1.807) is 12.1 Å². The largest absolute Gasteiger partial charge is 0.368 e. The first-order chi connectivity index (χ1) is 8.77. The predicted molar refractivity (Wildman–Crippen MR) is 72.4 cm³/mol. The summed E-state index contributed by atoms with van der Waals surface area (Å²) in [6.45, 7) is 3.13. The first-order valence-electron chi connectivity index (χ1n) is 7.03. The van der Waals surface area contributed by atoms with E-state index in [2.05, 4.69) is 10.2 Å². The molecular formula is C15H21FN2. The van der Waals surface area contributed by atoms with E-state index in [4.69, 9.17) is 0 Å². The van der Waals surface area contributed by atoms with Gasteiger partial charge in [0.15, 0.2) is 0 Å². The van der Waals surface area contributed by atoms with Crippen LogP contribution in [0.25, 0.3) is 0 Å². The van der Waals surface area contributed by atoms with Gasteiger partial charge in [-0.25, -0.2) is 4.39 Å². The molecule has 1 aliphatic carbocycles. The molecule has 3 rings (SSSR count). The molecule has 0 aromatic heterocycles. The number of nitrogens with zero attached hydrogens (tertiary/aromatic N) is 1. The zero-order valence-electron chi connectivity index (χ0n) is 10.8. The molecule has 1 N–H and O–H groups in total. The molecule has 18 heavy (non-hydrogen) atoms. The number of hydrogen-bond donors (Lipinski definition) is 1. The molecule has 2 nitrogen and oxygen atoms in total. The maximum atomic E-state index is 13.0. The maximum Gasteiger partial charge on any atom is 0.123 e. The molecule has 1 heterocycles. The third kappa shape index (κ3) is 2.37. The van der Waals surface area contributed by atoms with Crippen LogP contribution in [-0.2, 0) is 0 Å². The Bertz CT molecular complexity index is 390. The lowest BCUT2D eigenvalue weighted by Crippen LogP contribution is -2.61. The van der Waals surface area contributed by atoms with Crippen molar-refractivity contribution in [3.8, 4) is 0 Å². The van der Waals surface area contributed by atoms with Crippen molar-refractivity contribution in [3.05, 3.63) is 30.1 Å². The molecule has 0 radical (unpaired) electrons. The molecule has 1 saturated heterocycles. The van der Waals surface area contributed by atoms with Crippen LogP contribution < -0.4 is 10.2 Å². The minimum atomic E-state index is -0.152. The van der Waals surface area contributed by atoms with Crippen LogP contribution in [0, 0.1) is 5.82 Å². The van der Waals surface area contributed by atoms with E-state index in [0.29, 0.717) is 5.54 Å². The van der Waals surface area contributed by atoms with Crippen LogP contribution in [0.5, 0.6) is 0 Å². The van der Waals surface area contributed by atoms with Gasteiger partial charge in [0.2, 0.25) is 0 Å².